The van der Waals surface area contributed by atoms with E-state index in [-0.39, 0.29) is 24.6 Å². The molecule has 3 amide bonds. The van der Waals surface area contributed by atoms with Crippen molar-refractivity contribution in [2.24, 2.45) is 0 Å². The fourth-order valence-corrected chi connectivity index (χ4v) is 4.59. The van der Waals surface area contributed by atoms with Crippen molar-refractivity contribution < 1.29 is 19.5 Å². The second kappa shape index (κ2) is 11.3. The lowest BCUT2D eigenvalue weighted by Gasteiger charge is -2.35. The first kappa shape index (κ1) is 25.9. The van der Waals surface area contributed by atoms with Gasteiger partial charge in [0.05, 0.1) is 22.2 Å². The Morgan fingerprint density at radius 2 is 1.81 bits per heavy atom. The molecule has 0 unspecified atom stereocenters. The van der Waals surface area contributed by atoms with E-state index in [0.717, 1.165) is 5.56 Å². The van der Waals surface area contributed by atoms with Crippen LogP contribution in [0.3, 0.4) is 0 Å². The van der Waals surface area contributed by atoms with Crippen molar-refractivity contribution in [1.29, 1.82) is 0 Å². The molecule has 36 heavy (non-hydrogen) atoms. The summed E-state index contributed by atoms with van der Waals surface area (Å²) in [4.78, 5) is 49.1. The molecule has 1 aromatic heterocycles. The summed E-state index contributed by atoms with van der Waals surface area (Å²) in [5.74, 6) is -1.57. The maximum Gasteiger partial charge on any atom is 0.289 e. The highest BCUT2D eigenvalue weighted by Gasteiger charge is 2.35. The molecule has 9 nitrogen and oxygen atoms in total. The Bertz CT molecular complexity index is 1180. The van der Waals surface area contributed by atoms with Crippen LogP contribution >= 0.6 is 23.2 Å². The Morgan fingerprint density at radius 3 is 2.47 bits per heavy atom. The molecule has 1 saturated heterocycles. The number of aromatic nitrogens is 1. The molecule has 2 aromatic rings. The van der Waals surface area contributed by atoms with Gasteiger partial charge < -0.3 is 19.8 Å². The molecular weight excluding hydrogens is 505 g/mol. The molecule has 2 aliphatic heterocycles. The Hall–Kier alpha value is -3.14. The van der Waals surface area contributed by atoms with Crippen molar-refractivity contribution in [3.05, 3.63) is 75.2 Å². The molecule has 11 heteroatoms. The number of aliphatic hydroxyl groups is 1. The standard InChI is InChI=1S/C25H27Cl2N5O4/c1-29(15-17-5-6-19(26)20(27)14-17)23(34)18-16-32(25(36)22(18)33)13-10-30-8-11-31(12-9-30)24(35)21-4-2-3-7-28-21/h2-7,14,33H,8-13,15-16H2,1H3. The third-order valence-electron chi connectivity index (χ3n) is 6.36. The van der Waals surface area contributed by atoms with Gasteiger partial charge in [0.2, 0.25) is 0 Å². The molecule has 1 fully saturated rings. The Kier molecular flexibility index (Phi) is 8.13. The van der Waals surface area contributed by atoms with E-state index < -0.39 is 17.6 Å². The number of likely N-dealkylation sites (N-methyl/N-ethyl adjacent to an activating group) is 1. The van der Waals surface area contributed by atoms with E-state index in [0.29, 0.717) is 55.0 Å². The van der Waals surface area contributed by atoms with E-state index in [1.54, 1.807) is 54.5 Å². The first-order valence-electron chi connectivity index (χ1n) is 11.6. The van der Waals surface area contributed by atoms with Gasteiger partial charge in [0, 0.05) is 59.1 Å². The molecule has 190 valence electrons. The average Bonchev–Trinajstić information content (AvgIpc) is 3.18. The molecule has 3 heterocycles. The normalized spacial score (nSPS) is 16.6. The van der Waals surface area contributed by atoms with Crippen LogP contribution in [0.1, 0.15) is 16.1 Å². The van der Waals surface area contributed by atoms with E-state index in [9.17, 15) is 19.5 Å². The second-order valence-electron chi connectivity index (χ2n) is 8.81. The van der Waals surface area contributed by atoms with Crippen LogP contribution in [0.15, 0.2) is 53.9 Å². The zero-order chi connectivity index (χ0) is 25.8. The number of halogens is 2. The SMILES string of the molecule is CN(Cc1ccc(Cl)c(Cl)c1)C(=O)C1=C(O)C(=O)N(CCN2CCN(C(=O)c3ccccn3)CC2)C1. The van der Waals surface area contributed by atoms with Gasteiger partial charge in [-0.15, -0.1) is 0 Å². The minimum atomic E-state index is -0.551. The highest BCUT2D eigenvalue weighted by atomic mass is 35.5. The molecular formula is C25H27Cl2N5O4. The highest BCUT2D eigenvalue weighted by molar-refractivity contribution is 6.42. The van der Waals surface area contributed by atoms with Crippen molar-refractivity contribution in [3.63, 3.8) is 0 Å². The number of pyridine rings is 1. The minimum absolute atomic E-state index is 0.0489. The van der Waals surface area contributed by atoms with Crippen LogP contribution in [0.4, 0.5) is 0 Å². The Labute approximate surface area is 219 Å². The van der Waals surface area contributed by atoms with Crippen LogP contribution in [0.2, 0.25) is 10.0 Å². The number of carbonyl (C=O) groups excluding carboxylic acids is 3. The number of piperazine rings is 1. The molecule has 0 saturated carbocycles. The summed E-state index contributed by atoms with van der Waals surface area (Å²) < 4.78 is 0. The lowest BCUT2D eigenvalue weighted by atomic mass is 10.2. The lowest BCUT2D eigenvalue weighted by molar-refractivity contribution is -0.128. The monoisotopic (exact) mass is 531 g/mol. The molecule has 0 aliphatic carbocycles. The smallest absolute Gasteiger partial charge is 0.289 e. The molecule has 0 atom stereocenters. The largest absolute Gasteiger partial charge is 0.503 e. The first-order chi connectivity index (χ1) is 17.2. The Balaban J connectivity index is 1.26. The minimum Gasteiger partial charge on any atom is -0.503 e. The van der Waals surface area contributed by atoms with Gasteiger partial charge in [0.1, 0.15) is 5.69 Å². The number of hydrogen-bond donors (Lipinski definition) is 1. The van der Waals surface area contributed by atoms with Crippen LogP contribution in [0.5, 0.6) is 0 Å². The summed E-state index contributed by atoms with van der Waals surface area (Å²) in [5, 5.41) is 11.2. The highest BCUT2D eigenvalue weighted by Crippen LogP contribution is 2.24. The maximum atomic E-state index is 12.9. The third-order valence-corrected chi connectivity index (χ3v) is 7.10. The molecule has 0 radical (unpaired) electrons. The summed E-state index contributed by atoms with van der Waals surface area (Å²) in [6.45, 7) is 3.70. The van der Waals surface area contributed by atoms with E-state index in [1.807, 2.05) is 0 Å². The quantitative estimate of drug-likeness (QED) is 0.589. The fourth-order valence-electron chi connectivity index (χ4n) is 4.27. The van der Waals surface area contributed by atoms with Crippen LogP contribution in [-0.2, 0) is 16.1 Å². The van der Waals surface area contributed by atoms with Gasteiger partial charge in [-0.2, -0.15) is 0 Å². The molecule has 0 spiro atoms. The zero-order valence-electron chi connectivity index (χ0n) is 19.9. The van der Waals surface area contributed by atoms with Crippen molar-refractivity contribution in [2.75, 3.05) is 52.9 Å². The average molecular weight is 532 g/mol. The maximum absolute atomic E-state index is 12.9. The zero-order valence-corrected chi connectivity index (χ0v) is 21.4. The van der Waals surface area contributed by atoms with Gasteiger partial charge in [-0.25, -0.2) is 0 Å². The number of benzene rings is 1. The first-order valence-corrected chi connectivity index (χ1v) is 12.3. The molecule has 1 N–H and O–H groups in total. The number of amides is 3. The van der Waals surface area contributed by atoms with Crippen molar-refractivity contribution in [1.82, 2.24) is 24.6 Å². The van der Waals surface area contributed by atoms with Crippen LogP contribution in [0.25, 0.3) is 0 Å². The summed E-state index contributed by atoms with van der Waals surface area (Å²) in [6, 6.07) is 10.4. The van der Waals surface area contributed by atoms with Gasteiger partial charge in [-0.1, -0.05) is 35.3 Å². The summed E-state index contributed by atoms with van der Waals surface area (Å²) in [5.41, 5.74) is 1.28. The number of nitrogens with zero attached hydrogens (tertiary/aromatic N) is 5. The van der Waals surface area contributed by atoms with E-state index in [2.05, 4.69) is 9.88 Å². The van der Waals surface area contributed by atoms with Gasteiger partial charge in [-0.05, 0) is 29.8 Å². The second-order valence-corrected chi connectivity index (χ2v) is 9.63. The van der Waals surface area contributed by atoms with Crippen LogP contribution in [0, 0.1) is 0 Å². The number of hydrogen-bond acceptors (Lipinski definition) is 6. The molecule has 2 aliphatic rings. The summed E-state index contributed by atoms with van der Waals surface area (Å²) >= 11 is 12.0. The van der Waals surface area contributed by atoms with Crippen molar-refractivity contribution in [2.45, 2.75) is 6.54 Å². The van der Waals surface area contributed by atoms with Gasteiger partial charge in [-0.3, -0.25) is 24.3 Å². The van der Waals surface area contributed by atoms with Gasteiger partial charge >= 0.3 is 0 Å². The number of aliphatic hydroxyl groups excluding tert-OH is 1. The van der Waals surface area contributed by atoms with Gasteiger partial charge in [0.25, 0.3) is 17.7 Å². The van der Waals surface area contributed by atoms with Crippen molar-refractivity contribution in [3.8, 4) is 0 Å². The van der Waals surface area contributed by atoms with E-state index in [1.165, 1.54) is 9.80 Å². The lowest BCUT2D eigenvalue weighted by Crippen LogP contribution is -2.50. The molecule has 0 bridgehead atoms. The predicted molar refractivity (Wildman–Crippen MR) is 136 cm³/mol. The van der Waals surface area contributed by atoms with Gasteiger partial charge in [0.15, 0.2) is 5.76 Å². The summed E-state index contributed by atoms with van der Waals surface area (Å²) in [6.07, 6.45) is 1.60. The number of rotatable bonds is 7. The molecule has 1 aromatic carbocycles. The third kappa shape index (κ3) is 5.80. The van der Waals surface area contributed by atoms with Crippen molar-refractivity contribution >= 4 is 40.9 Å². The fraction of sp³-hybridized carbons (Fsp3) is 0.360. The predicted octanol–water partition coefficient (Wildman–Crippen LogP) is 2.46. The number of carbonyl (C=O) groups is 3. The van der Waals surface area contributed by atoms with Crippen LogP contribution in [-0.4, -0.2) is 100 Å². The summed E-state index contributed by atoms with van der Waals surface area (Å²) in [7, 11) is 1.60. The van der Waals surface area contributed by atoms with E-state index in [4.69, 9.17) is 23.2 Å². The topological polar surface area (TPSA) is 97.3 Å². The van der Waals surface area contributed by atoms with E-state index >= 15 is 0 Å². The molecule has 4 rings (SSSR count). The van der Waals surface area contributed by atoms with Crippen LogP contribution < -0.4 is 0 Å². The Morgan fingerprint density at radius 1 is 1.06 bits per heavy atom.